The number of hydrogen-bond acceptors (Lipinski definition) is 6. The zero-order valence-electron chi connectivity index (χ0n) is 29.8. The third-order valence-electron chi connectivity index (χ3n) is 10.7. The molecule has 3 fully saturated rings. The molecule has 0 unspecified atom stereocenters. The minimum absolute atomic E-state index is 0.00122. The van der Waals surface area contributed by atoms with Crippen LogP contribution in [0.4, 0.5) is 10.5 Å². The molecule has 0 radical (unpaired) electrons. The smallest absolute Gasteiger partial charge is 0.410 e. The molecule has 2 saturated carbocycles. The lowest BCUT2D eigenvalue weighted by atomic mass is 9.49. The normalized spacial score (nSPS) is 26.1. The van der Waals surface area contributed by atoms with Gasteiger partial charge >= 0.3 is 6.09 Å². The summed E-state index contributed by atoms with van der Waals surface area (Å²) < 4.78 is 12.0. The van der Waals surface area contributed by atoms with Crippen molar-refractivity contribution in [2.75, 3.05) is 26.2 Å². The van der Waals surface area contributed by atoms with Gasteiger partial charge in [-0.2, -0.15) is 0 Å². The number of benzene rings is 1. The van der Waals surface area contributed by atoms with E-state index in [1.54, 1.807) is 18.2 Å². The van der Waals surface area contributed by atoms with Gasteiger partial charge < -0.3 is 19.3 Å². The maximum atomic E-state index is 13.7. The maximum absolute atomic E-state index is 13.7. The number of amides is 2. The van der Waals surface area contributed by atoms with Gasteiger partial charge in [-0.15, -0.1) is 0 Å². The van der Waals surface area contributed by atoms with Gasteiger partial charge in [0.2, 0.25) is 5.69 Å². The van der Waals surface area contributed by atoms with E-state index < -0.39 is 5.60 Å². The Hall–Kier alpha value is -3.79. The second kappa shape index (κ2) is 13.2. The average Bonchev–Trinajstić information content (AvgIpc) is 3.35. The average molecular weight is 686 g/mol. The molecule has 4 aliphatic rings. The van der Waals surface area contributed by atoms with Gasteiger partial charge in [0, 0.05) is 55.0 Å². The van der Waals surface area contributed by atoms with E-state index in [4.69, 9.17) is 32.6 Å². The van der Waals surface area contributed by atoms with Crippen LogP contribution in [0.25, 0.3) is 4.85 Å². The standard InChI is InChI=1S/C39H48ClN5O4/c1-37(2,3)49-36(47)44-21-19-43(20-22-44)27-14-10-25(11-15-27)9-12-26-13-17-29-32(42-26)24-45(33(29)46)34-38(4,5)35(39(34,6)7)48-28-16-18-31(41-8)30(40)23-28/h13,16-18,23,25,27,34-35H,10-11,14-15,19-22,24H2,1-7H3. The molecule has 260 valence electrons. The fraction of sp³-hybridized carbons (Fsp3) is 0.590. The fourth-order valence-corrected chi connectivity index (χ4v) is 9.06. The topological polar surface area (TPSA) is 79.6 Å². The summed E-state index contributed by atoms with van der Waals surface area (Å²) in [4.78, 5) is 40.8. The Kier molecular flexibility index (Phi) is 9.41. The van der Waals surface area contributed by atoms with Crippen LogP contribution in [0.2, 0.25) is 5.02 Å². The van der Waals surface area contributed by atoms with Crippen LogP contribution in [0.15, 0.2) is 30.3 Å². The van der Waals surface area contributed by atoms with Crippen LogP contribution in [0.5, 0.6) is 5.75 Å². The summed E-state index contributed by atoms with van der Waals surface area (Å²) in [5.41, 5.74) is 1.39. The van der Waals surface area contributed by atoms with Gasteiger partial charge in [-0.1, -0.05) is 51.3 Å². The molecule has 6 rings (SSSR count). The molecule has 1 aromatic heterocycles. The summed E-state index contributed by atoms with van der Waals surface area (Å²) in [5, 5.41) is 0.369. The van der Waals surface area contributed by atoms with E-state index in [9.17, 15) is 9.59 Å². The van der Waals surface area contributed by atoms with Crippen molar-refractivity contribution in [2.45, 2.75) is 104 Å². The third kappa shape index (κ3) is 6.98. The predicted molar refractivity (Wildman–Crippen MR) is 190 cm³/mol. The molecule has 10 heteroatoms. The summed E-state index contributed by atoms with van der Waals surface area (Å²) in [7, 11) is 0. The molecular weight excluding hydrogens is 638 g/mol. The van der Waals surface area contributed by atoms with Crippen LogP contribution < -0.4 is 4.74 Å². The minimum Gasteiger partial charge on any atom is -0.489 e. The van der Waals surface area contributed by atoms with Gasteiger partial charge in [-0.25, -0.2) is 14.6 Å². The van der Waals surface area contributed by atoms with E-state index in [-0.39, 0.29) is 35.0 Å². The van der Waals surface area contributed by atoms with Crippen molar-refractivity contribution in [3.05, 3.63) is 63.7 Å². The van der Waals surface area contributed by atoms with Gasteiger partial charge in [0.1, 0.15) is 23.1 Å². The Morgan fingerprint density at radius 1 is 1.02 bits per heavy atom. The van der Waals surface area contributed by atoms with Gasteiger partial charge in [0.05, 0.1) is 29.4 Å². The zero-order valence-corrected chi connectivity index (χ0v) is 30.6. The van der Waals surface area contributed by atoms with Crippen molar-refractivity contribution >= 4 is 29.3 Å². The number of nitrogens with zero attached hydrogens (tertiary/aromatic N) is 5. The Morgan fingerprint density at radius 3 is 2.31 bits per heavy atom. The zero-order chi connectivity index (χ0) is 35.3. The summed E-state index contributed by atoms with van der Waals surface area (Å²) in [5.74, 6) is 7.77. The van der Waals surface area contributed by atoms with Crippen LogP contribution in [0.1, 0.15) is 95.9 Å². The van der Waals surface area contributed by atoms with Crippen molar-refractivity contribution in [1.29, 1.82) is 0 Å². The number of fused-ring (bicyclic) bond motifs is 1. The van der Waals surface area contributed by atoms with Crippen LogP contribution in [0.3, 0.4) is 0 Å². The van der Waals surface area contributed by atoms with Crippen LogP contribution in [-0.4, -0.2) is 81.7 Å². The Morgan fingerprint density at radius 2 is 1.69 bits per heavy atom. The lowest BCUT2D eigenvalue weighted by Crippen LogP contribution is -2.74. The van der Waals surface area contributed by atoms with Crippen LogP contribution >= 0.6 is 11.6 Å². The van der Waals surface area contributed by atoms with E-state index in [2.05, 4.69) is 49.3 Å². The van der Waals surface area contributed by atoms with Gasteiger partial charge in [-0.3, -0.25) is 9.69 Å². The van der Waals surface area contributed by atoms with Crippen molar-refractivity contribution in [3.63, 3.8) is 0 Å². The molecule has 0 atom stereocenters. The number of hydrogen-bond donors (Lipinski definition) is 0. The Balaban J connectivity index is 1.03. The molecule has 9 nitrogen and oxygen atoms in total. The third-order valence-corrected chi connectivity index (χ3v) is 11.0. The maximum Gasteiger partial charge on any atom is 0.410 e. The molecule has 0 spiro atoms. The molecule has 49 heavy (non-hydrogen) atoms. The number of pyridine rings is 1. The molecule has 2 aromatic rings. The number of halogens is 1. The van der Waals surface area contributed by atoms with Crippen molar-refractivity contribution in [1.82, 2.24) is 19.7 Å². The van der Waals surface area contributed by atoms with Gasteiger partial charge in [0.15, 0.2) is 0 Å². The molecule has 3 heterocycles. The Labute approximate surface area is 296 Å². The molecule has 0 N–H and O–H groups in total. The van der Waals surface area contributed by atoms with Gasteiger partial charge in [0.25, 0.3) is 5.91 Å². The van der Waals surface area contributed by atoms with E-state index in [0.717, 1.165) is 44.5 Å². The van der Waals surface area contributed by atoms with Crippen LogP contribution in [-0.2, 0) is 11.3 Å². The molecule has 1 aromatic carbocycles. The largest absolute Gasteiger partial charge is 0.489 e. The molecule has 2 amide bonds. The SMILES string of the molecule is [C-]#[N+]c1ccc(OC2C(C)(C)C(N3Cc4nc(C#CC5CCC(N6CCN(C(=O)OC(C)(C)C)CC6)CC5)ccc4C3=O)C2(C)C)cc1Cl. The van der Waals surface area contributed by atoms with E-state index >= 15 is 0 Å². The molecule has 0 bridgehead atoms. The van der Waals surface area contributed by atoms with E-state index in [0.29, 0.717) is 59.3 Å². The molecule has 2 aliphatic carbocycles. The predicted octanol–water partition coefficient (Wildman–Crippen LogP) is 7.59. The summed E-state index contributed by atoms with van der Waals surface area (Å²) in [6.07, 6.45) is 3.92. The first-order valence-electron chi connectivity index (χ1n) is 17.5. The second-order valence-corrected chi connectivity index (χ2v) is 16.6. The van der Waals surface area contributed by atoms with Crippen LogP contribution in [0, 0.1) is 35.2 Å². The lowest BCUT2D eigenvalue weighted by Gasteiger charge is -2.65. The second-order valence-electron chi connectivity index (χ2n) is 16.2. The number of rotatable bonds is 4. The summed E-state index contributed by atoms with van der Waals surface area (Å²) in [6, 6.07) is 9.39. The number of piperazine rings is 1. The molecule has 1 saturated heterocycles. The first-order chi connectivity index (χ1) is 23.1. The van der Waals surface area contributed by atoms with E-state index in [1.807, 2.05) is 42.7 Å². The minimum atomic E-state index is -0.475. The molecular formula is C39H48ClN5O4. The lowest BCUT2D eigenvalue weighted by molar-refractivity contribution is -0.199. The first-order valence-corrected chi connectivity index (χ1v) is 17.8. The number of carbonyl (C=O) groups is 2. The quantitative estimate of drug-likeness (QED) is 0.244. The number of carbonyl (C=O) groups excluding carboxylic acids is 2. The number of ether oxygens (including phenoxy) is 2. The highest BCUT2D eigenvalue weighted by atomic mass is 35.5. The number of aromatic nitrogens is 1. The summed E-state index contributed by atoms with van der Waals surface area (Å²) in [6.45, 7) is 25.1. The highest BCUT2D eigenvalue weighted by molar-refractivity contribution is 6.33. The molecule has 2 aliphatic heterocycles. The monoisotopic (exact) mass is 685 g/mol. The first kappa shape index (κ1) is 35.1. The van der Waals surface area contributed by atoms with E-state index in [1.165, 1.54) is 0 Å². The fourth-order valence-electron chi connectivity index (χ4n) is 8.84. The van der Waals surface area contributed by atoms with Crippen molar-refractivity contribution in [3.8, 4) is 17.6 Å². The van der Waals surface area contributed by atoms with Gasteiger partial charge in [-0.05, 0) is 76.6 Å². The van der Waals surface area contributed by atoms with Crippen molar-refractivity contribution < 1.29 is 19.1 Å². The highest BCUT2D eigenvalue weighted by Gasteiger charge is 2.67. The highest BCUT2D eigenvalue weighted by Crippen LogP contribution is 2.59. The summed E-state index contributed by atoms with van der Waals surface area (Å²) >= 11 is 6.28. The Bertz CT molecular complexity index is 1700. The van der Waals surface area contributed by atoms with Crippen molar-refractivity contribution in [2.24, 2.45) is 16.7 Å².